The zero-order chi connectivity index (χ0) is 16.9. The lowest BCUT2D eigenvalue weighted by Gasteiger charge is -2.19. The first-order valence-electron chi connectivity index (χ1n) is 8.15. The van der Waals surface area contributed by atoms with Gasteiger partial charge in [0.15, 0.2) is 0 Å². The molecule has 0 aliphatic heterocycles. The summed E-state index contributed by atoms with van der Waals surface area (Å²) >= 11 is 6.12. The number of nitrogens with one attached hydrogen (secondary N) is 2. The fraction of sp³-hybridized carbons (Fsp3) is 0.316. The van der Waals surface area contributed by atoms with Crippen molar-refractivity contribution < 1.29 is 9.90 Å². The predicted octanol–water partition coefficient (Wildman–Crippen LogP) is 3.51. The Balaban J connectivity index is 1.61. The highest BCUT2D eigenvalue weighted by Gasteiger charge is 2.33. The number of anilines is 1. The molecule has 0 bridgehead atoms. The average Bonchev–Trinajstić information content (AvgIpc) is 3.44. The zero-order valence-corrected chi connectivity index (χ0v) is 14.1. The van der Waals surface area contributed by atoms with E-state index in [0.717, 1.165) is 24.0 Å². The number of aliphatic hydroxyl groups excluding tert-OH is 1. The highest BCUT2D eigenvalue weighted by atomic mass is 35.5. The van der Waals surface area contributed by atoms with E-state index in [9.17, 15) is 9.90 Å². The maximum atomic E-state index is 12.3. The van der Waals surface area contributed by atoms with Gasteiger partial charge in [0.1, 0.15) is 0 Å². The molecule has 1 aliphatic rings. The van der Waals surface area contributed by atoms with Crippen LogP contribution in [0.3, 0.4) is 0 Å². The molecule has 5 heteroatoms. The van der Waals surface area contributed by atoms with Crippen molar-refractivity contribution in [2.24, 2.45) is 5.92 Å². The molecule has 1 amide bonds. The number of carbonyl (C=O) groups excluding carboxylic acids is 1. The normalized spacial score (nSPS) is 14.9. The number of amides is 1. The Bertz CT molecular complexity index is 702. The van der Waals surface area contributed by atoms with Gasteiger partial charge in [-0.05, 0) is 42.0 Å². The first-order chi connectivity index (χ1) is 11.7. The SMILES string of the molecule is O=C(CNc1cc(CO)ccc1Cl)NC(c1ccccc1)C1CC1. The van der Waals surface area contributed by atoms with Crippen LogP contribution in [0.1, 0.15) is 30.0 Å². The van der Waals surface area contributed by atoms with Gasteiger partial charge in [-0.1, -0.05) is 48.0 Å². The molecular formula is C19H21ClN2O2. The quantitative estimate of drug-likeness (QED) is 0.720. The molecule has 0 aromatic heterocycles. The summed E-state index contributed by atoms with van der Waals surface area (Å²) in [5, 5.41) is 15.9. The van der Waals surface area contributed by atoms with Gasteiger partial charge in [-0.15, -0.1) is 0 Å². The fourth-order valence-electron chi connectivity index (χ4n) is 2.77. The lowest BCUT2D eigenvalue weighted by Crippen LogP contribution is -2.34. The standard InChI is InChI=1S/C19H21ClN2O2/c20-16-9-6-13(12-23)10-17(16)21-11-18(24)22-19(15-7-8-15)14-4-2-1-3-5-14/h1-6,9-10,15,19,21,23H,7-8,11-12H2,(H,22,24). The highest BCUT2D eigenvalue weighted by molar-refractivity contribution is 6.33. The molecule has 0 spiro atoms. The van der Waals surface area contributed by atoms with Gasteiger partial charge in [-0.3, -0.25) is 4.79 Å². The lowest BCUT2D eigenvalue weighted by atomic mass is 10.0. The summed E-state index contributed by atoms with van der Waals surface area (Å²) in [6, 6.07) is 15.4. The third kappa shape index (κ3) is 4.28. The van der Waals surface area contributed by atoms with E-state index in [1.54, 1.807) is 18.2 Å². The Labute approximate surface area is 146 Å². The Morgan fingerprint density at radius 2 is 1.96 bits per heavy atom. The summed E-state index contributed by atoms with van der Waals surface area (Å²) < 4.78 is 0. The molecule has 0 radical (unpaired) electrons. The van der Waals surface area contributed by atoms with Crippen LogP contribution in [0.5, 0.6) is 0 Å². The summed E-state index contributed by atoms with van der Waals surface area (Å²) in [4.78, 5) is 12.3. The minimum absolute atomic E-state index is 0.0597. The van der Waals surface area contributed by atoms with Gasteiger partial charge in [0.2, 0.25) is 5.91 Å². The van der Waals surface area contributed by atoms with Gasteiger partial charge in [-0.2, -0.15) is 0 Å². The summed E-state index contributed by atoms with van der Waals surface area (Å²) in [5.41, 5.74) is 2.55. The second-order valence-corrected chi connectivity index (χ2v) is 6.53. The molecule has 1 aliphatic carbocycles. The van der Waals surface area contributed by atoms with Crippen LogP contribution < -0.4 is 10.6 Å². The minimum Gasteiger partial charge on any atom is -0.392 e. The van der Waals surface area contributed by atoms with Crippen LogP contribution in [0.4, 0.5) is 5.69 Å². The first-order valence-corrected chi connectivity index (χ1v) is 8.52. The summed E-state index contributed by atoms with van der Waals surface area (Å²) in [5.74, 6) is 0.457. The number of rotatable bonds is 7. The molecule has 126 valence electrons. The molecule has 0 saturated heterocycles. The second-order valence-electron chi connectivity index (χ2n) is 6.12. The monoisotopic (exact) mass is 344 g/mol. The van der Waals surface area contributed by atoms with Gasteiger partial charge >= 0.3 is 0 Å². The third-order valence-electron chi connectivity index (χ3n) is 4.22. The number of halogens is 1. The molecule has 0 heterocycles. The van der Waals surface area contributed by atoms with Crippen LogP contribution in [0, 0.1) is 5.92 Å². The van der Waals surface area contributed by atoms with E-state index in [0.29, 0.717) is 16.6 Å². The largest absolute Gasteiger partial charge is 0.392 e. The Kier molecular flexibility index (Phi) is 5.38. The van der Waals surface area contributed by atoms with Gasteiger partial charge in [0.25, 0.3) is 0 Å². The maximum Gasteiger partial charge on any atom is 0.239 e. The van der Waals surface area contributed by atoms with Crippen LogP contribution >= 0.6 is 11.6 Å². The lowest BCUT2D eigenvalue weighted by molar-refractivity contribution is -0.120. The number of benzene rings is 2. The van der Waals surface area contributed by atoms with Crippen molar-refractivity contribution in [1.29, 1.82) is 0 Å². The maximum absolute atomic E-state index is 12.3. The van der Waals surface area contributed by atoms with Crippen molar-refractivity contribution in [2.75, 3.05) is 11.9 Å². The van der Waals surface area contributed by atoms with Crippen LogP contribution in [-0.2, 0) is 11.4 Å². The fourth-order valence-corrected chi connectivity index (χ4v) is 2.95. The van der Waals surface area contributed by atoms with Crippen LogP contribution in [0.2, 0.25) is 5.02 Å². The van der Waals surface area contributed by atoms with Crippen LogP contribution in [-0.4, -0.2) is 17.6 Å². The second kappa shape index (κ2) is 7.69. The molecule has 4 nitrogen and oxygen atoms in total. The van der Waals surface area contributed by atoms with Crippen LogP contribution in [0.25, 0.3) is 0 Å². The first kappa shape index (κ1) is 16.8. The molecule has 2 aromatic rings. The Morgan fingerprint density at radius 1 is 1.21 bits per heavy atom. The van der Waals surface area contributed by atoms with E-state index in [-0.39, 0.29) is 25.1 Å². The van der Waals surface area contributed by atoms with E-state index in [1.807, 2.05) is 18.2 Å². The number of hydrogen-bond acceptors (Lipinski definition) is 3. The van der Waals surface area contributed by atoms with E-state index in [1.165, 1.54) is 0 Å². The minimum atomic E-state index is -0.0683. The number of aliphatic hydroxyl groups is 1. The topological polar surface area (TPSA) is 61.4 Å². The molecular weight excluding hydrogens is 324 g/mol. The van der Waals surface area contributed by atoms with Crippen molar-refractivity contribution in [1.82, 2.24) is 5.32 Å². The van der Waals surface area contributed by atoms with Crippen molar-refractivity contribution >= 4 is 23.2 Å². The van der Waals surface area contributed by atoms with E-state index in [4.69, 9.17) is 11.6 Å². The smallest absolute Gasteiger partial charge is 0.239 e. The number of carbonyl (C=O) groups is 1. The van der Waals surface area contributed by atoms with Gasteiger partial charge in [0, 0.05) is 0 Å². The highest BCUT2D eigenvalue weighted by Crippen LogP contribution is 2.40. The van der Waals surface area contributed by atoms with Crippen molar-refractivity contribution in [3.05, 3.63) is 64.7 Å². The number of hydrogen-bond donors (Lipinski definition) is 3. The molecule has 1 unspecified atom stereocenters. The third-order valence-corrected chi connectivity index (χ3v) is 4.55. The Hall–Kier alpha value is -2.04. The molecule has 3 rings (SSSR count). The molecule has 2 aromatic carbocycles. The summed E-state index contributed by atoms with van der Waals surface area (Å²) in [6.45, 7) is 0.0838. The van der Waals surface area contributed by atoms with Crippen molar-refractivity contribution in [3.8, 4) is 0 Å². The van der Waals surface area contributed by atoms with E-state index >= 15 is 0 Å². The zero-order valence-electron chi connectivity index (χ0n) is 13.3. The van der Waals surface area contributed by atoms with E-state index in [2.05, 4.69) is 22.8 Å². The van der Waals surface area contributed by atoms with E-state index < -0.39 is 0 Å². The molecule has 24 heavy (non-hydrogen) atoms. The molecule has 1 saturated carbocycles. The van der Waals surface area contributed by atoms with Gasteiger partial charge in [-0.25, -0.2) is 0 Å². The molecule has 1 atom stereocenters. The van der Waals surface area contributed by atoms with Crippen molar-refractivity contribution in [2.45, 2.75) is 25.5 Å². The predicted molar refractivity (Wildman–Crippen MR) is 95.9 cm³/mol. The summed E-state index contributed by atoms with van der Waals surface area (Å²) in [7, 11) is 0. The van der Waals surface area contributed by atoms with Crippen molar-refractivity contribution in [3.63, 3.8) is 0 Å². The Morgan fingerprint density at radius 3 is 2.62 bits per heavy atom. The summed E-state index contributed by atoms with van der Waals surface area (Å²) in [6.07, 6.45) is 2.30. The average molecular weight is 345 g/mol. The van der Waals surface area contributed by atoms with Gasteiger partial charge < -0.3 is 15.7 Å². The molecule has 3 N–H and O–H groups in total. The van der Waals surface area contributed by atoms with Gasteiger partial charge in [0.05, 0.1) is 29.9 Å². The van der Waals surface area contributed by atoms with Crippen LogP contribution in [0.15, 0.2) is 48.5 Å². The molecule has 1 fully saturated rings.